The van der Waals surface area contributed by atoms with Gasteiger partial charge in [-0.15, -0.1) is 0 Å². The lowest BCUT2D eigenvalue weighted by Gasteiger charge is -2.37. The maximum Gasteiger partial charge on any atom is 0.128 e. The number of benzene rings is 1. The molecule has 128 valence electrons. The number of hydrogen-bond acceptors (Lipinski definition) is 5. The minimum Gasteiger partial charge on any atom is -0.497 e. The number of nitrogens with zero attached hydrogens (tertiary/aromatic N) is 4. The normalized spacial score (nSPS) is 14.8. The number of pyridine rings is 2. The highest BCUT2D eigenvalue weighted by atomic mass is 16.5. The molecule has 3 heterocycles. The third-order valence-electron chi connectivity index (χ3n) is 4.72. The summed E-state index contributed by atoms with van der Waals surface area (Å²) in [5.74, 6) is 1.92. The Labute approximate surface area is 147 Å². The lowest BCUT2D eigenvalue weighted by atomic mass is 10.1. The first kappa shape index (κ1) is 15.7. The first-order valence-electron chi connectivity index (χ1n) is 8.61. The average molecular weight is 334 g/mol. The van der Waals surface area contributed by atoms with E-state index < -0.39 is 0 Å². The van der Waals surface area contributed by atoms with Gasteiger partial charge in [0.05, 0.1) is 12.6 Å². The second-order valence-electron chi connectivity index (χ2n) is 6.33. The van der Waals surface area contributed by atoms with E-state index in [1.54, 1.807) is 7.11 Å². The number of piperazine rings is 1. The first-order valence-corrected chi connectivity index (χ1v) is 8.61. The van der Waals surface area contributed by atoms with Crippen molar-refractivity contribution in [2.45, 2.75) is 6.92 Å². The van der Waals surface area contributed by atoms with Crippen molar-refractivity contribution in [3.8, 4) is 5.75 Å². The maximum atomic E-state index is 5.41. The third-order valence-corrected chi connectivity index (χ3v) is 4.72. The van der Waals surface area contributed by atoms with Crippen LogP contribution >= 0.6 is 0 Å². The van der Waals surface area contributed by atoms with Crippen molar-refractivity contribution < 1.29 is 4.74 Å². The molecule has 3 aromatic rings. The molecular weight excluding hydrogens is 312 g/mol. The summed E-state index contributed by atoms with van der Waals surface area (Å²) < 4.78 is 5.41. The Morgan fingerprint density at radius 1 is 0.960 bits per heavy atom. The fourth-order valence-corrected chi connectivity index (χ4v) is 3.42. The van der Waals surface area contributed by atoms with Crippen molar-refractivity contribution in [3.63, 3.8) is 0 Å². The van der Waals surface area contributed by atoms with E-state index >= 15 is 0 Å². The van der Waals surface area contributed by atoms with E-state index in [2.05, 4.69) is 44.9 Å². The van der Waals surface area contributed by atoms with Gasteiger partial charge in [-0.1, -0.05) is 6.07 Å². The molecule has 2 aromatic heterocycles. The molecule has 4 rings (SSSR count). The topological polar surface area (TPSA) is 41.5 Å². The molecule has 1 aromatic carbocycles. The van der Waals surface area contributed by atoms with Crippen LogP contribution in [0.15, 0.2) is 48.7 Å². The van der Waals surface area contributed by atoms with Crippen LogP contribution < -0.4 is 14.5 Å². The number of aromatic nitrogens is 2. The molecule has 5 heteroatoms. The van der Waals surface area contributed by atoms with Gasteiger partial charge in [0, 0.05) is 49.1 Å². The molecule has 0 saturated carbocycles. The van der Waals surface area contributed by atoms with Gasteiger partial charge >= 0.3 is 0 Å². The van der Waals surface area contributed by atoms with E-state index in [-0.39, 0.29) is 0 Å². The van der Waals surface area contributed by atoms with E-state index in [4.69, 9.17) is 4.74 Å². The van der Waals surface area contributed by atoms with E-state index in [1.807, 2.05) is 30.5 Å². The molecular formula is C20H22N4O. The zero-order chi connectivity index (χ0) is 17.2. The first-order chi connectivity index (χ1) is 12.2. The lowest BCUT2D eigenvalue weighted by Crippen LogP contribution is -2.46. The molecule has 1 aliphatic heterocycles. The van der Waals surface area contributed by atoms with Crippen LogP contribution in [0.1, 0.15) is 5.69 Å². The molecule has 0 aliphatic carbocycles. The average Bonchev–Trinajstić information content (AvgIpc) is 2.68. The monoisotopic (exact) mass is 334 g/mol. The molecule has 1 aliphatic rings. The number of hydrogen-bond donors (Lipinski definition) is 0. The van der Waals surface area contributed by atoms with E-state index in [0.29, 0.717) is 0 Å². The van der Waals surface area contributed by atoms with Gasteiger partial charge in [-0.3, -0.25) is 4.98 Å². The lowest BCUT2D eigenvalue weighted by molar-refractivity contribution is 0.415. The van der Waals surface area contributed by atoms with E-state index in [9.17, 15) is 0 Å². The number of ether oxygens (including phenoxy) is 1. The highest BCUT2D eigenvalue weighted by Crippen LogP contribution is 2.31. The highest BCUT2D eigenvalue weighted by molar-refractivity contribution is 5.93. The molecule has 0 spiro atoms. The van der Waals surface area contributed by atoms with Crippen LogP contribution in [-0.4, -0.2) is 43.3 Å². The summed E-state index contributed by atoms with van der Waals surface area (Å²) in [5, 5.41) is 1.15. The Bertz CT molecular complexity index is 874. The second-order valence-corrected chi connectivity index (χ2v) is 6.33. The number of aryl methyl sites for hydroxylation is 1. The molecule has 0 radical (unpaired) electrons. The summed E-state index contributed by atoms with van der Waals surface area (Å²) in [7, 11) is 1.70. The van der Waals surface area contributed by atoms with Gasteiger partial charge in [0.2, 0.25) is 0 Å². The Hall–Kier alpha value is -2.82. The fraction of sp³-hybridized carbons (Fsp3) is 0.300. The zero-order valence-electron chi connectivity index (χ0n) is 14.6. The Balaban J connectivity index is 1.62. The highest BCUT2D eigenvalue weighted by Gasteiger charge is 2.20. The molecule has 1 saturated heterocycles. The summed E-state index contributed by atoms with van der Waals surface area (Å²) in [6.07, 6.45) is 1.85. The summed E-state index contributed by atoms with van der Waals surface area (Å²) in [6.45, 7) is 5.91. The molecule has 0 amide bonds. The molecule has 25 heavy (non-hydrogen) atoms. The number of fused-ring (bicyclic) bond motifs is 1. The predicted molar refractivity (Wildman–Crippen MR) is 102 cm³/mol. The standard InChI is InChI=1S/C20H22N4O/c1-15-13-19(17-14-16(25-2)6-7-18(17)22-15)23-9-11-24(12-10-23)20-5-3-4-8-21-20/h3-8,13-14H,9-12H2,1-2H3. The minimum absolute atomic E-state index is 0.867. The quantitative estimate of drug-likeness (QED) is 0.735. The van der Waals surface area contributed by atoms with Gasteiger partial charge in [-0.05, 0) is 43.3 Å². The summed E-state index contributed by atoms with van der Waals surface area (Å²) in [4.78, 5) is 13.9. The number of anilines is 2. The summed E-state index contributed by atoms with van der Waals surface area (Å²) in [6, 6.07) is 14.3. The van der Waals surface area contributed by atoms with Gasteiger partial charge in [-0.25, -0.2) is 4.98 Å². The van der Waals surface area contributed by atoms with Crippen LogP contribution in [0, 0.1) is 6.92 Å². The Morgan fingerprint density at radius 3 is 2.48 bits per heavy atom. The fourth-order valence-electron chi connectivity index (χ4n) is 3.42. The second kappa shape index (κ2) is 6.59. The molecule has 0 unspecified atom stereocenters. The van der Waals surface area contributed by atoms with Gasteiger partial charge in [0.1, 0.15) is 11.6 Å². The maximum absolute atomic E-state index is 5.41. The number of methoxy groups -OCH3 is 1. The van der Waals surface area contributed by atoms with Crippen LogP contribution in [0.4, 0.5) is 11.5 Å². The smallest absolute Gasteiger partial charge is 0.128 e. The van der Waals surface area contributed by atoms with Gasteiger partial charge in [0.25, 0.3) is 0 Å². The summed E-state index contributed by atoms with van der Waals surface area (Å²) in [5.41, 5.74) is 3.30. The third kappa shape index (κ3) is 3.09. The minimum atomic E-state index is 0.867. The van der Waals surface area contributed by atoms with Crippen LogP contribution in [-0.2, 0) is 0 Å². The van der Waals surface area contributed by atoms with Crippen LogP contribution in [0.5, 0.6) is 5.75 Å². The van der Waals surface area contributed by atoms with Gasteiger partial charge < -0.3 is 14.5 Å². The van der Waals surface area contributed by atoms with Crippen molar-refractivity contribution in [2.75, 3.05) is 43.1 Å². The van der Waals surface area contributed by atoms with Gasteiger partial charge in [-0.2, -0.15) is 0 Å². The van der Waals surface area contributed by atoms with Crippen molar-refractivity contribution >= 4 is 22.4 Å². The van der Waals surface area contributed by atoms with Crippen LogP contribution in [0.3, 0.4) is 0 Å². The molecule has 5 nitrogen and oxygen atoms in total. The zero-order valence-corrected chi connectivity index (χ0v) is 14.6. The van der Waals surface area contributed by atoms with Crippen LogP contribution in [0.25, 0.3) is 10.9 Å². The Morgan fingerprint density at radius 2 is 1.76 bits per heavy atom. The number of rotatable bonds is 3. The van der Waals surface area contributed by atoms with Crippen molar-refractivity contribution in [3.05, 3.63) is 54.4 Å². The molecule has 0 atom stereocenters. The molecule has 0 bridgehead atoms. The van der Waals surface area contributed by atoms with E-state index in [0.717, 1.165) is 54.3 Å². The largest absolute Gasteiger partial charge is 0.497 e. The van der Waals surface area contributed by atoms with Crippen molar-refractivity contribution in [1.29, 1.82) is 0 Å². The SMILES string of the molecule is COc1ccc2nc(C)cc(N3CCN(c4ccccn4)CC3)c2c1. The van der Waals surface area contributed by atoms with Crippen molar-refractivity contribution in [1.82, 2.24) is 9.97 Å². The molecule has 0 N–H and O–H groups in total. The van der Waals surface area contributed by atoms with Gasteiger partial charge in [0.15, 0.2) is 0 Å². The van der Waals surface area contributed by atoms with Crippen molar-refractivity contribution in [2.24, 2.45) is 0 Å². The predicted octanol–water partition coefficient (Wildman–Crippen LogP) is 3.27. The Kier molecular flexibility index (Phi) is 4.14. The van der Waals surface area contributed by atoms with E-state index in [1.165, 1.54) is 5.69 Å². The molecule has 1 fully saturated rings. The summed E-state index contributed by atoms with van der Waals surface area (Å²) >= 11 is 0. The van der Waals surface area contributed by atoms with Crippen LogP contribution in [0.2, 0.25) is 0 Å².